The van der Waals surface area contributed by atoms with Gasteiger partial charge in [-0.1, -0.05) is 36.4 Å². The summed E-state index contributed by atoms with van der Waals surface area (Å²) >= 11 is 0. The van der Waals surface area contributed by atoms with Gasteiger partial charge in [-0.2, -0.15) is 0 Å². The summed E-state index contributed by atoms with van der Waals surface area (Å²) in [6.07, 6.45) is 3.63. The van der Waals surface area contributed by atoms with Crippen LogP contribution in [0.3, 0.4) is 0 Å². The van der Waals surface area contributed by atoms with Crippen LogP contribution in [0.2, 0.25) is 0 Å². The lowest BCUT2D eigenvalue weighted by molar-refractivity contribution is -0.139. The summed E-state index contributed by atoms with van der Waals surface area (Å²) in [5.74, 6) is -0.646. The third-order valence-electron chi connectivity index (χ3n) is 4.85. The number of esters is 1. The molecule has 0 saturated carbocycles. The molecule has 0 radical (unpaired) electrons. The van der Waals surface area contributed by atoms with Gasteiger partial charge in [0.1, 0.15) is 0 Å². The first-order chi connectivity index (χ1) is 12.5. The Bertz CT molecular complexity index is 785. The minimum Gasteiger partial charge on any atom is -0.449 e. The van der Waals surface area contributed by atoms with Crippen molar-refractivity contribution in [2.45, 2.75) is 45.3 Å². The molecule has 0 fully saturated rings. The van der Waals surface area contributed by atoms with Crippen molar-refractivity contribution < 1.29 is 14.3 Å². The van der Waals surface area contributed by atoms with Crippen LogP contribution in [0.5, 0.6) is 0 Å². The number of carbonyl (C=O) groups excluding carboxylic acids is 2. The zero-order valence-corrected chi connectivity index (χ0v) is 15.4. The molecule has 2 aromatic rings. The molecule has 0 aromatic heterocycles. The Kier molecular flexibility index (Phi) is 5.71. The van der Waals surface area contributed by atoms with Crippen LogP contribution in [-0.2, 0) is 28.9 Å². The minimum atomic E-state index is -0.813. The normalized spacial score (nSPS) is 14.2. The molecule has 1 aliphatic rings. The van der Waals surface area contributed by atoms with Crippen LogP contribution in [0.1, 0.15) is 46.8 Å². The van der Waals surface area contributed by atoms with Gasteiger partial charge in [0.05, 0.1) is 5.56 Å². The maximum Gasteiger partial charge on any atom is 0.338 e. The van der Waals surface area contributed by atoms with Gasteiger partial charge in [0.25, 0.3) is 5.91 Å². The molecule has 2 aromatic carbocycles. The Labute approximate surface area is 154 Å². The van der Waals surface area contributed by atoms with Gasteiger partial charge in [0.2, 0.25) is 0 Å². The molecule has 0 unspecified atom stereocenters. The maximum atomic E-state index is 12.5. The average Bonchev–Trinajstić information content (AvgIpc) is 2.67. The smallest absolute Gasteiger partial charge is 0.338 e. The summed E-state index contributed by atoms with van der Waals surface area (Å²) in [4.78, 5) is 26.5. The molecule has 136 valence electrons. The van der Waals surface area contributed by atoms with Crippen LogP contribution in [0.15, 0.2) is 48.5 Å². The molecular weight excluding hydrogens is 326 g/mol. The minimum absolute atomic E-state index is 0.208. The standard InChI is InChI=1S/C22H25NO3/c1-16(21(24)23(2)15-17-8-4-3-5-9-17)26-22(25)20-13-12-18-10-6-7-11-19(18)14-20/h3-5,8-9,12-14,16H,6-7,10-11,15H2,1-2H3/t16-/m1/s1. The van der Waals surface area contributed by atoms with Crippen LogP contribution in [0, 0.1) is 0 Å². The van der Waals surface area contributed by atoms with Gasteiger partial charge < -0.3 is 9.64 Å². The summed E-state index contributed by atoms with van der Waals surface area (Å²) in [6.45, 7) is 2.11. The first kappa shape index (κ1) is 18.2. The second-order valence-electron chi connectivity index (χ2n) is 6.92. The number of ether oxygens (including phenoxy) is 1. The monoisotopic (exact) mass is 351 g/mol. The van der Waals surface area contributed by atoms with Crippen molar-refractivity contribution in [1.29, 1.82) is 0 Å². The van der Waals surface area contributed by atoms with Crippen molar-refractivity contribution in [3.8, 4) is 0 Å². The zero-order valence-electron chi connectivity index (χ0n) is 15.4. The van der Waals surface area contributed by atoms with Crippen molar-refractivity contribution in [3.05, 3.63) is 70.8 Å². The molecular formula is C22H25NO3. The highest BCUT2D eigenvalue weighted by Crippen LogP contribution is 2.22. The van der Waals surface area contributed by atoms with E-state index in [1.165, 1.54) is 17.5 Å². The van der Waals surface area contributed by atoms with Crippen molar-refractivity contribution in [2.75, 3.05) is 7.05 Å². The molecule has 0 heterocycles. The second kappa shape index (κ2) is 8.17. The van der Waals surface area contributed by atoms with Crippen molar-refractivity contribution in [3.63, 3.8) is 0 Å². The highest BCUT2D eigenvalue weighted by molar-refractivity contribution is 5.92. The molecule has 1 amide bonds. The van der Waals surface area contributed by atoms with Gasteiger partial charge in [0, 0.05) is 13.6 Å². The molecule has 0 aliphatic heterocycles. The van der Waals surface area contributed by atoms with Gasteiger partial charge in [-0.3, -0.25) is 4.79 Å². The molecule has 0 saturated heterocycles. The van der Waals surface area contributed by atoms with E-state index >= 15 is 0 Å². The van der Waals surface area contributed by atoms with Gasteiger partial charge in [-0.05, 0) is 61.4 Å². The largest absolute Gasteiger partial charge is 0.449 e. The third kappa shape index (κ3) is 4.31. The highest BCUT2D eigenvalue weighted by Gasteiger charge is 2.23. The van der Waals surface area contributed by atoms with E-state index in [-0.39, 0.29) is 5.91 Å². The van der Waals surface area contributed by atoms with E-state index in [1.807, 2.05) is 42.5 Å². The molecule has 0 N–H and O–H groups in total. The Hall–Kier alpha value is -2.62. The van der Waals surface area contributed by atoms with Crippen LogP contribution in [0.25, 0.3) is 0 Å². The molecule has 1 atom stereocenters. The Morgan fingerprint density at radius 2 is 1.73 bits per heavy atom. The second-order valence-corrected chi connectivity index (χ2v) is 6.92. The van der Waals surface area contributed by atoms with Gasteiger partial charge >= 0.3 is 5.97 Å². The van der Waals surface area contributed by atoms with E-state index in [1.54, 1.807) is 24.9 Å². The molecule has 26 heavy (non-hydrogen) atoms. The lowest BCUT2D eigenvalue weighted by Gasteiger charge is -2.22. The van der Waals surface area contributed by atoms with Crippen LogP contribution < -0.4 is 0 Å². The number of hydrogen-bond acceptors (Lipinski definition) is 3. The lowest BCUT2D eigenvalue weighted by Crippen LogP contribution is -2.37. The fraction of sp³-hybridized carbons (Fsp3) is 0.364. The topological polar surface area (TPSA) is 46.6 Å². The summed E-state index contributed by atoms with van der Waals surface area (Å²) < 4.78 is 5.42. The first-order valence-corrected chi connectivity index (χ1v) is 9.16. The van der Waals surface area contributed by atoms with Gasteiger partial charge in [0.15, 0.2) is 6.10 Å². The van der Waals surface area contributed by atoms with Gasteiger partial charge in [-0.15, -0.1) is 0 Å². The zero-order chi connectivity index (χ0) is 18.5. The summed E-state index contributed by atoms with van der Waals surface area (Å²) in [5.41, 5.74) is 4.11. The highest BCUT2D eigenvalue weighted by atomic mass is 16.5. The molecule has 0 spiro atoms. The van der Waals surface area contributed by atoms with Crippen molar-refractivity contribution in [1.82, 2.24) is 4.90 Å². The molecule has 0 bridgehead atoms. The number of nitrogens with zero attached hydrogens (tertiary/aromatic N) is 1. The van der Waals surface area contributed by atoms with Crippen molar-refractivity contribution >= 4 is 11.9 Å². The number of rotatable bonds is 5. The number of aryl methyl sites for hydroxylation is 2. The van der Waals surface area contributed by atoms with Gasteiger partial charge in [-0.25, -0.2) is 4.79 Å². The summed E-state index contributed by atoms with van der Waals surface area (Å²) in [7, 11) is 1.72. The predicted molar refractivity (Wildman–Crippen MR) is 101 cm³/mol. The predicted octanol–water partition coefficient (Wildman–Crippen LogP) is 3.77. The number of amides is 1. The molecule has 4 nitrogen and oxygen atoms in total. The fourth-order valence-corrected chi connectivity index (χ4v) is 3.38. The summed E-state index contributed by atoms with van der Waals surface area (Å²) in [5, 5.41) is 0. The average molecular weight is 351 g/mol. The number of hydrogen-bond donors (Lipinski definition) is 0. The Morgan fingerprint density at radius 1 is 1.04 bits per heavy atom. The Morgan fingerprint density at radius 3 is 2.46 bits per heavy atom. The van der Waals surface area contributed by atoms with Crippen LogP contribution in [0.4, 0.5) is 0 Å². The quantitative estimate of drug-likeness (QED) is 0.771. The lowest BCUT2D eigenvalue weighted by atomic mass is 9.90. The van der Waals surface area contributed by atoms with E-state index < -0.39 is 12.1 Å². The maximum absolute atomic E-state index is 12.5. The van der Waals surface area contributed by atoms with Crippen molar-refractivity contribution in [2.24, 2.45) is 0 Å². The van der Waals surface area contributed by atoms with E-state index in [0.29, 0.717) is 12.1 Å². The van der Waals surface area contributed by atoms with E-state index in [2.05, 4.69) is 0 Å². The number of likely N-dealkylation sites (N-methyl/N-ethyl adjacent to an activating group) is 1. The van der Waals surface area contributed by atoms with E-state index in [4.69, 9.17) is 4.74 Å². The summed E-state index contributed by atoms with van der Waals surface area (Å²) in [6, 6.07) is 15.5. The molecule has 4 heteroatoms. The molecule has 1 aliphatic carbocycles. The first-order valence-electron chi connectivity index (χ1n) is 9.16. The van der Waals surface area contributed by atoms with E-state index in [0.717, 1.165) is 24.8 Å². The number of carbonyl (C=O) groups is 2. The van der Waals surface area contributed by atoms with Crippen LogP contribution in [-0.4, -0.2) is 29.9 Å². The van der Waals surface area contributed by atoms with Crippen LogP contribution >= 0.6 is 0 Å². The molecule has 3 rings (SSSR count). The fourth-order valence-electron chi connectivity index (χ4n) is 3.38. The van der Waals surface area contributed by atoms with E-state index in [9.17, 15) is 9.59 Å². The SMILES string of the molecule is C[C@@H](OC(=O)c1ccc2c(c1)CCCC2)C(=O)N(C)Cc1ccccc1. The number of fused-ring (bicyclic) bond motifs is 1. The number of benzene rings is 2. The Balaban J connectivity index is 1.60. The third-order valence-corrected chi connectivity index (χ3v) is 4.85.